The largest absolute Gasteiger partial charge is 0.478 e. The van der Waals surface area contributed by atoms with Crippen LogP contribution < -0.4 is 5.32 Å². The summed E-state index contributed by atoms with van der Waals surface area (Å²) in [7, 11) is 2.04. The third-order valence-electron chi connectivity index (χ3n) is 3.39. The van der Waals surface area contributed by atoms with E-state index in [1.807, 2.05) is 7.05 Å². The minimum absolute atomic E-state index is 0.0757. The SMILES string of the molecule is CN(CCNc1ccc([N+](=O)[O-])cc1C(=O)O)C1CC1. The highest BCUT2D eigenvalue weighted by molar-refractivity contribution is 5.95. The number of benzene rings is 1. The van der Waals surface area contributed by atoms with Gasteiger partial charge in [0.25, 0.3) is 5.69 Å². The lowest BCUT2D eigenvalue weighted by Gasteiger charge is -2.17. The first kappa shape index (κ1) is 14.3. The number of nitro benzene ring substituents is 1. The highest BCUT2D eigenvalue weighted by Gasteiger charge is 2.25. The normalized spacial score (nSPS) is 14.3. The molecule has 0 heterocycles. The molecule has 0 spiro atoms. The smallest absolute Gasteiger partial charge is 0.338 e. The van der Waals surface area contributed by atoms with Crippen molar-refractivity contribution >= 4 is 17.3 Å². The van der Waals surface area contributed by atoms with E-state index in [0.29, 0.717) is 18.3 Å². The summed E-state index contributed by atoms with van der Waals surface area (Å²) in [5.74, 6) is -1.17. The third kappa shape index (κ3) is 3.45. The van der Waals surface area contributed by atoms with Crippen molar-refractivity contribution in [2.75, 3.05) is 25.5 Å². The molecule has 20 heavy (non-hydrogen) atoms. The summed E-state index contributed by atoms with van der Waals surface area (Å²) in [6.07, 6.45) is 2.43. The zero-order valence-electron chi connectivity index (χ0n) is 11.2. The fourth-order valence-electron chi connectivity index (χ4n) is 2.04. The topological polar surface area (TPSA) is 95.7 Å². The van der Waals surface area contributed by atoms with Gasteiger partial charge in [0.2, 0.25) is 0 Å². The number of carbonyl (C=O) groups is 1. The van der Waals surface area contributed by atoms with Gasteiger partial charge in [-0.2, -0.15) is 0 Å². The monoisotopic (exact) mass is 279 g/mol. The second-order valence-corrected chi connectivity index (χ2v) is 4.93. The predicted octanol–water partition coefficient (Wildman–Crippen LogP) is 1.80. The van der Waals surface area contributed by atoms with Crippen LogP contribution in [-0.4, -0.2) is 47.1 Å². The van der Waals surface area contributed by atoms with Crippen LogP contribution in [0.15, 0.2) is 18.2 Å². The molecule has 1 aromatic rings. The average Bonchev–Trinajstić information content (AvgIpc) is 3.22. The Morgan fingerprint density at radius 3 is 2.80 bits per heavy atom. The molecule has 2 N–H and O–H groups in total. The van der Waals surface area contributed by atoms with Crippen LogP contribution in [0, 0.1) is 10.1 Å². The van der Waals surface area contributed by atoms with Gasteiger partial charge in [0.05, 0.1) is 10.5 Å². The molecule has 0 atom stereocenters. The number of hydrogen-bond donors (Lipinski definition) is 2. The number of aromatic carboxylic acids is 1. The summed E-state index contributed by atoms with van der Waals surface area (Å²) in [4.78, 5) is 23.4. The highest BCUT2D eigenvalue weighted by Crippen LogP contribution is 2.25. The molecule has 7 nitrogen and oxygen atoms in total. The number of anilines is 1. The van der Waals surface area contributed by atoms with Crippen LogP contribution in [0.1, 0.15) is 23.2 Å². The molecule has 1 aromatic carbocycles. The number of nitro groups is 1. The quantitative estimate of drug-likeness (QED) is 0.583. The van der Waals surface area contributed by atoms with Crippen LogP contribution in [0.5, 0.6) is 0 Å². The van der Waals surface area contributed by atoms with Gasteiger partial charge in [-0.15, -0.1) is 0 Å². The van der Waals surface area contributed by atoms with Gasteiger partial charge in [-0.3, -0.25) is 10.1 Å². The van der Waals surface area contributed by atoms with E-state index in [0.717, 1.165) is 12.6 Å². The fraction of sp³-hybridized carbons (Fsp3) is 0.462. The van der Waals surface area contributed by atoms with E-state index < -0.39 is 10.9 Å². The van der Waals surface area contributed by atoms with Gasteiger partial charge in [-0.1, -0.05) is 0 Å². The molecule has 1 aliphatic carbocycles. The molecule has 0 saturated heterocycles. The number of non-ortho nitro benzene ring substituents is 1. The molecule has 0 aliphatic heterocycles. The molecule has 0 radical (unpaired) electrons. The highest BCUT2D eigenvalue weighted by atomic mass is 16.6. The molecule has 0 unspecified atom stereocenters. The lowest BCUT2D eigenvalue weighted by atomic mass is 10.1. The van der Waals surface area contributed by atoms with E-state index in [4.69, 9.17) is 5.11 Å². The number of carboxylic acids is 1. The van der Waals surface area contributed by atoms with Gasteiger partial charge in [-0.05, 0) is 26.0 Å². The van der Waals surface area contributed by atoms with Gasteiger partial charge in [0.15, 0.2) is 0 Å². The summed E-state index contributed by atoms with van der Waals surface area (Å²) in [6.45, 7) is 1.41. The number of carboxylic acid groups (broad SMARTS) is 1. The summed E-state index contributed by atoms with van der Waals surface area (Å²) in [6, 6.07) is 4.47. The van der Waals surface area contributed by atoms with Crippen LogP contribution >= 0.6 is 0 Å². The van der Waals surface area contributed by atoms with Crippen molar-refractivity contribution in [2.45, 2.75) is 18.9 Å². The summed E-state index contributed by atoms with van der Waals surface area (Å²) < 4.78 is 0. The zero-order valence-corrected chi connectivity index (χ0v) is 11.2. The first-order valence-corrected chi connectivity index (χ1v) is 6.45. The van der Waals surface area contributed by atoms with Crippen molar-refractivity contribution in [3.05, 3.63) is 33.9 Å². The third-order valence-corrected chi connectivity index (χ3v) is 3.39. The summed E-state index contributed by atoms with van der Waals surface area (Å²) in [5, 5.41) is 22.8. The molecular formula is C13H17N3O4. The molecule has 0 amide bonds. The minimum Gasteiger partial charge on any atom is -0.478 e. The maximum atomic E-state index is 11.1. The standard InChI is InChI=1S/C13H17N3O4/c1-15(9-2-3-9)7-6-14-12-5-4-10(16(19)20)8-11(12)13(17)18/h4-5,8-9,14H,2-3,6-7H2,1H3,(H,17,18). The van der Waals surface area contributed by atoms with E-state index in [2.05, 4.69) is 10.2 Å². The fourth-order valence-corrected chi connectivity index (χ4v) is 2.04. The van der Waals surface area contributed by atoms with Gasteiger partial charge < -0.3 is 15.3 Å². The molecule has 0 bridgehead atoms. The van der Waals surface area contributed by atoms with Gasteiger partial charge in [0, 0.05) is 37.0 Å². The van der Waals surface area contributed by atoms with Crippen molar-refractivity contribution in [1.29, 1.82) is 0 Å². The lowest BCUT2D eigenvalue weighted by Crippen LogP contribution is -2.27. The van der Waals surface area contributed by atoms with Crippen LogP contribution in [0.4, 0.5) is 11.4 Å². The van der Waals surface area contributed by atoms with E-state index >= 15 is 0 Å². The Balaban J connectivity index is 2.02. The number of likely N-dealkylation sites (N-methyl/N-ethyl adjacent to an activating group) is 1. The Kier molecular flexibility index (Phi) is 4.19. The Hall–Kier alpha value is -2.15. The number of hydrogen-bond acceptors (Lipinski definition) is 5. The number of nitrogens with one attached hydrogen (secondary N) is 1. The van der Waals surface area contributed by atoms with E-state index in [1.54, 1.807) is 0 Å². The average molecular weight is 279 g/mol. The van der Waals surface area contributed by atoms with Gasteiger partial charge in [-0.25, -0.2) is 4.79 Å². The van der Waals surface area contributed by atoms with E-state index in [-0.39, 0.29) is 11.3 Å². The first-order chi connectivity index (χ1) is 9.49. The maximum absolute atomic E-state index is 11.1. The second kappa shape index (κ2) is 5.87. The summed E-state index contributed by atoms with van der Waals surface area (Å²) in [5.41, 5.74) is 0.114. The maximum Gasteiger partial charge on any atom is 0.338 e. The molecule has 1 fully saturated rings. The van der Waals surface area contributed by atoms with Crippen LogP contribution in [-0.2, 0) is 0 Å². The van der Waals surface area contributed by atoms with Crippen molar-refractivity contribution in [3.8, 4) is 0 Å². The van der Waals surface area contributed by atoms with Crippen LogP contribution in [0.3, 0.4) is 0 Å². The van der Waals surface area contributed by atoms with Crippen molar-refractivity contribution in [3.63, 3.8) is 0 Å². The number of nitrogens with zero attached hydrogens (tertiary/aromatic N) is 2. The minimum atomic E-state index is -1.17. The Labute approximate surface area is 116 Å². The van der Waals surface area contributed by atoms with E-state index in [1.165, 1.54) is 25.0 Å². The number of rotatable bonds is 7. The van der Waals surface area contributed by atoms with Crippen LogP contribution in [0.2, 0.25) is 0 Å². The second-order valence-electron chi connectivity index (χ2n) is 4.93. The Morgan fingerprint density at radius 1 is 1.55 bits per heavy atom. The van der Waals surface area contributed by atoms with Crippen molar-refractivity contribution in [2.24, 2.45) is 0 Å². The van der Waals surface area contributed by atoms with Gasteiger partial charge in [0.1, 0.15) is 0 Å². The zero-order chi connectivity index (χ0) is 14.7. The lowest BCUT2D eigenvalue weighted by molar-refractivity contribution is -0.384. The van der Waals surface area contributed by atoms with Crippen molar-refractivity contribution in [1.82, 2.24) is 4.90 Å². The first-order valence-electron chi connectivity index (χ1n) is 6.45. The predicted molar refractivity (Wildman–Crippen MR) is 74.2 cm³/mol. The van der Waals surface area contributed by atoms with Crippen molar-refractivity contribution < 1.29 is 14.8 Å². The summed E-state index contributed by atoms with van der Waals surface area (Å²) >= 11 is 0. The molecular weight excluding hydrogens is 262 g/mol. The molecule has 1 aliphatic rings. The Morgan fingerprint density at radius 2 is 2.25 bits per heavy atom. The van der Waals surface area contributed by atoms with Gasteiger partial charge >= 0.3 is 5.97 Å². The molecule has 108 valence electrons. The molecule has 2 rings (SSSR count). The Bertz CT molecular complexity index is 528. The molecule has 1 saturated carbocycles. The molecule has 0 aromatic heterocycles. The van der Waals surface area contributed by atoms with Crippen LogP contribution in [0.25, 0.3) is 0 Å². The molecule has 7 heteroatoms. The van der Waals surface area contributed by atoms with E-state index in [9.17, 15) is 14.9 Å².